The lowest BCUT2D eigenvalue weighted by atomic mass is 10.1. The molecule has 2 heteroatoms. The first-order valence-electron chi connectivity index (χ1n) is 7.08. The van der Waals surface area contributed by atoms with Gasteiger partial charge in [0.25, 0.3) is 0 Å². The number of hydrogen-bond donors (Lipinski definition) is 0. The van der Waals surface area contributed by atoms with Gasteiger partial charge in [0, 0.05) is 10.8 Å². The number of benzene rings is 3. The molecular formula is C19H12NO-. The Morgan fingerprint density at radius 1 is 0.714 bits per heavy atom. The predicted octanol–water partition coefficient (Wildman–Crippen LogP) is 5.16. The Morgan fingerprint density at radius 2 is 1.57 bits per heavy atom. The van der Waals surface area contributed by atoms with Crippen LogP contribution in [0.4, 0.5) is 0 Å². The molecule has 0 N–H and O–H groups in total. The Balaban J connectivity index is 2.03. The fraction of sp³-hybridized carbons (Fsp3) is 0.0526. The number of rotatable bonds is 0. The summed E-state index contributed by atoms with van der Waals surface area (Å²) in [6.07, 6.45) is 0. The predicted molar refractivity (Wildman–Crippen MR) is 86.8 cm³/mol. The maximum atomic E-state index is 5.94. The van der Waals surface area contributed by atoms with Gasteiger partial charge in [0.05, 0.1) is 0 Å². The average molecular weight is 270 g/mol. The van der Waals surface area contributed by atoms with E-state index in [1.54, 1.807) is 0 Å². The van der Waals surface area contributed by atoms with Crippen LogP contribution in [0.3, 0.4) is 0 Å². The van der Waals surface area contributed by atoms with Crippen LogP contribution in [0.25, 0.3) is 43.7 Å². The highest BCUT2D eigenvalue weighted by molar-refractivity contribution is 6.16. The summed E-state index contributed by atoms with van der Waals surface area (Å²) < 4.78 is 5.94. The van der Waals surface area contributed by atoms with Gasteiger partial charge in [-0.2, -0.15) is 0 Å². The van der Waals surface area contributed by atoms with E-state index in [0.29, 0.717) is 0 Å². The standard InChI is InChI=1S/C19H12NO/c1-11-6-7-16-13(8-11)14-9-15-12-4-2-3-5-18(12)21-19(15)10-17(14)20-16/h2-10H,1H3/q-1. The van der Waals surface area contributed by atoms with Gasteiger partial charge >= 0.3 is 0 Å². The Bertz CT molecular complexity index is 1140. The van der Waals surface area contributed by atoms with Crippen molar-refractivity contribution in [1.29, 1.82) is 0 Å². The summed E-state index contributed by atoms with van der Waals surface area (Å²) in [5, 5.41) is 4.75. The molecule has 0 bridgehead atoms. The van der Waals surface area contributed by atoms with Crippen molar-refractivity contribution in [3.05, 3.63) is 60.2 Å². The fourth-order valence-electron chi connectivity index (χ4n) is 3.16. The molecule has 0 atom stereocenters. The van der Waals surface area contributed by atoms with E-state index >= 15 is 0 Å². The fourth-order valence-corrected chi connectivity index (χ4v) is 3.16. The molecule has 0 aliphatic carbocycles. The van der Waals surface area contributed by atoms with Gasteiger partial charge in [0.1, 0.15) is 11.2 Å². The van der Waals surface area contributed by atoms with Crippen molar-refractivity contribution in [2.24, 2.45) is 0 Å². The molecule has 0 saturated carbocycles. The van der Waals surface area contributed by atoms with Crippen LogP contribution < -0.4 is 4.98 Å². The minimum Gasteiger partial charge on any atom is -0.657 e. The Kier molecular flexibility index (Phi) is 1.92. The minimum atomic E-state index is 0.906. The molecule has 0 amide bonds. The third-order valence-corrected chi connectivity index (χ3v) is 4.18. The molecule has 0 radical (unpaired) electrons. The number of aryl methyl sites for hydroxylation is 1. The molecule has 0 spiro atoms. The van der Waals surface area contributed by atoms with E-state index in [1.165, 1.54) is 16.3 Å². The molecule has 21 heavy (non-hydrogen) atoms. The first-order valence-corrected chi connectivity index (χ1v) is 7.08. The summed E-state index contributed by atoms with van der Waals surface area (Å²) in [6, 6.07) is 18.8. The van der Waals surface area contributed by atoms with Gasteiger partial charge in [0.2, 0.25) is 0 Å². The van der Waals surface area contributed by atoms with Crippen molar-refractivity contribution in [2.75, 3.05) is 0 Å². The smallest absolute Gasteiger partial charge is 0.135 e. The van der Waals surface area contributed by atoms with Crippen LogP contribution in [0.5, 0.6) is 0 Å². The van der Waals surface area contributed by atoms with E-state index in [0.717, 1.165) is 33.0 Å². The molecule has 5 rings (SSSR count). The summed E-state index contributed by atoms with van der Waals surface area (Å²) in [6.45, 7) is 2.12. The second kappa shape index (κ2) is 3.67. The van der Waals surface area contributed by atoms with Crippen molar-refractivity contribution < 1.29 is 4.42 Å². The molecule has 3 aromatic carbocycles. The van der Waals surface area contributed by atoms with E-state index in [-0.39, 0.29) is 0 Å². The van der Waals surface area contributed by atoms with Crippen LogP contribution in [-0.2, 0) is 0 Å². The van der Waals surface area contributed by atoms with Crippen molar-refractivity contribution in [3.8, 4) is 0 Å². The molecule has 0 saturated heterocycles. The average Bonchev–Trinajstić information content (AvgIpc) is 3.02. The molecule has 0 unspecified atom stereocenters. The topological polar surface area (TPSA) is 27.2 Å². The van der Waals surface area contributed by atoms with Gasteiger partial charge in [-0.25, -0.2) is 0 Å². The third-order valence-electron chi connectivity index (χ3n) is 4.18. The molecule has 2 aromatic heterocycles. The van der Waals surface area contributed by atoms with Crippen LogP contribution in [0.1, 0.15) is 5.56 Å². The van der Waals surface area contributed by atoms with Gasteiger partial charge < -0.3 is 9.40 Å². The summed E-state index contributed by atoms with van der Waals surface area (Å²) in [5.41, 5.74) is 5.15. The monoisotopic (exact) mass is 270 g/mol. The second-order valence-corrected chi connectivity index (χ2v) is 5.60. The maximum absolute atomic E-state index is 5.94. The van der Waals surface area contributed by atoms with Gasteiger partial charge in [-0.05, 0) is 35.9 Å². The highest BCUT2D eigenvalue weighted by Crippen LogP contribution is 2.34. The third kappa shape index (κ3) is 1.42. The molecule has 5 aromatic rings. The Labute approximate surface area is 121 Å². The highest BCUT2D eigenvalue weighted by Gasteiger charge is 2.07. The van der Waals surface area contributed by atoms with Crippen LogP contribution >= 0.6 is 0 Å². The van der Waals surface area contributed by atoms with E-state index in [1.807, 2.05) is 18.2 Å². The largest absolute Gasteiger partial charge is 0.657 e. The van der Waals surface area contributed by atoms with Crippen molar-refractivity contribution in [1.82, 2.24) is 4.98 Å². The van der Waals surface area contributed by atoms with Crippen molar-refractivity contribution >= 4 is 43.7 Å². The van der Waals surface area contributed by atoms with Gasteiger partial charge in [-0.15, -0.1) is 11.0 Å². The molecule has 2 heterocycles. The first kappa shape index (κ1) is 11.0. The zero-order valence-corrected chi connectivity index (χ0v) is 11.6. The molecule has 2 nitrogen and oxygen atoms in total. The lowest BCUT2D eigenvalue weighted by Gasteiger charge is -1.98. The van der Waals surface area contributed by atoms with Crippen LogP contribution in [0.15, 0.2) is 59.0 Å². The second-order valence-electron chi connectivity index (χ2n) is 5.60. The molecule has 0 fully saturated rings. The number of furan rings is 1. The van der Waals surface area contributed by atoms with Crippen LogP contribution in [0.2, 0.25) is 0 Å². The summed E-state index contributed by atoms with van der Waals surface area (Å²) in [5.74, 6) is 0. The Hall–Kier alpha value is -2.74. The molecular weight excluding hydrogens is 258 g/mol. The highest BCUT2D eigenvalue weighted by atomic mass is 16.3. The molecule has 0 aliphatic rings. The lowest BCUT2D eigenvalue weighted by Crippen LogP contribution is -1.72. The number of para-hydroxylation sites is 1. The van der Waals surface area contributed by atoms with E-state index in [9.17, 15) is 0 Å². The maximum Gasteiger partial charge on any atom is 0.135 e. The van der Waals surface area contributed by atoms with Gasteiger partial charge in [-0.3, -0.25) is 0 Å². The minimum absolute atomic E-state index is 0.906. The van der Waals surface area contributed by atoms with E-state index < -0.39 is 0 Å². The van der Waals surface area contributed by atoms with E-state index in [4.69, 9.17) is 9.40 Å². The van der Waals surface area contributed by atoms with Crippen molar-refractivity contribution in [2.45, 2.75) is 6.92 Å². The number of hydrogen-bond acceptors (Lipinski definition) is 1. The quantitative estimate of drug-likeness (QED) is 0.389. The lowest BCUT2D eigenvalue weighted by molar-refractivity contribution is 0.669. The molecule has 0 aliphatic heterocycles. The first-order chi connectivity index (χ1) is 10.3. The van der Waals surface area contributed by atoms with Crippen LogP contribution in [0, 0.1) is 6.92 Å². The number of fused-ring (bicyclic) bond motifs is 6. The van der Waals surface area contributed by atoms with E-state index in [2.05, 4.69) is 43.3 Å². The summed E-state index contributed by atoms with van der Waals surface area (Å²) >= 11 is 0. The zero-order chi connectivity index (χ0) is 14.0. The zero-order valence-electron chi connectivity index (χ0n) is 11.6. The van der Waals surface area contributed by atoms with Gasteiger partial charge in [-0.1, -0.05) is 42.0 Å². The summed E-state index contributed by atoms with van der Waals surface area (Å²) in [7, 11) is 0. The molecule has 100 valence electrons. The van der Waals surface area contributed by atoms with Crippen molar-refractivity contribution in [3.63, 3.8) is 0 Å². The number of nitrogens with zero attached hydrogens (tertiary/aromatic N) is 1. The van der Waals surface area contributed by atoms with Crippen LogP contribution in [-0.4, -0.2) is 0 Å². The normalized spacial score (nSPS) is 12.0. The Morgan fingerprint density at radius 3 is 2.52 bits per heavy atom. The SMILES string of the molecule is Cc1ccc2[n-]c3cc4oc5ccccc5c4cc3c2c1. The number of aromatic nitrogens is 1. The van der Waals surface area contributed by atoms with Gasteiger partial charge in [0.15, 0.2) is 0 Å². The summed E-state index contributed by atoms with van der Waals surface area (Å²) in [4.78, 5) is 4.72.